The van der Waals surface area contributed by atoms with Crippen molar-refractivity contribution in [1.82, 2.24) is 4.31 Å². The number of benzene rings is 2. The Bertz CT molecular complexity index is 1310. The van der Waals surface area contributed by atoms with E-state index < -0.39 is 30.5 Å². The van der Waals surface area contributed by atoms with Crippen molar-refractivity contribution >= 4 is 31.5 Å². The quantitative estimate of drug-likeness (QED) is 0.659. The molecule has 2 aromatic rings. The van der Waals surface area contributed by atoms with Gasteiger partial charge in [0.25, 0.3) is 0 Å². The van der Waals surface area contributed by atoms with Crippen molar-refractivity contribution in [2.24, 2.45) is 0 Å². The first-order valence-electron chi connectivity index (χ1n) is 10.9. The van der Waals surface area contributed by atoms with E-state index in [0.717, 1.165) is 9.87 Å². The zero-order valence-electron chi connectivity index (χ0n) is 20.0. The zero-order chi connectivity index (χ0) is 24.8. The third-order valence-electron chi connectivity index (χ3n) is 6.64. The van der Waals surface area contributed by atoms with E-state index in [1.165, 1.54) is 20.2 Å². The van der Waals surface area contributed by atoms with Gasteiger partial charge in [0.05, 0.1) is 9.79 Å². The third-order valence-corrected chi connectivity index (χ3v) is 11.1. The molecule has 0 aromatic heterocycles. The van der Waals surface area contributed by atoms with Crippen molar-refractivity contribution in [2.45, 2.75) is 67.9 Å². The van der Waals surface area contributed by atoms with Crippen LogP contribution in [-0.2, 0) is 24.7 Å². The molecule has 0 radical (unpaired) electrons. The molecule has 1 aliphatic carbocycles. The van der Waals surface area contributed by atoms with E-state index in [-0.39, 0.29) is 22.6 Å². The number of amides is 1. The lowest BCUT2D eigenvalue weighted by Gasteiger charge is -2.29. The number of aryl methyl sites for hydroxylation is 3. The summed E-state index contributed by atoms with van der Waals surface area (Å²) in [6.07, 6.45) is 1.71. The molecule has 0 aliphatic heterocycles. The van der Waals surface area contributed by atoms with Crippen LogP contribution in [0, 0.1) is 27.7 Å². The maximum absolute atomic E-state index is 13.9. The van der Waals surface area contributed by atoms with Gasteiger partial charge in [0, 0.05) is 19.8 Å². The molecule has 1 fully saturated rings. The molecular weight excluding hydrogens is 460 g/mol. The standard InChI is InChI=1S/C24H32N2O5S2/c1-16-9-10-17(2)22(13-16)32(28,29)24(11-7-8-12-24)23(27)25-21-15-20(14-18(3)19(21)4)33(30,31)26(5)6/h9-10,13-15H,7-8,11-12H2,1-6H3,(H,25,27). The summed E-state index contributed by atoms with van der Waals surface area (Å²) in [5, 5.41) is 2.79. The summed E-state index contributed by atoms with van der Waals surface area (Å²) in [5.41, 5.74) is 3.10. The van der Waals surface area contributed by atoms with Crippen LogP contribution in [0.2, 0.25) is 0 Å². The fourth-order valence-corrected chi connectivity index (χ4v) is 7.71. The fourth-order valence-electron chi connectivity index (χ4n) is 4.32. The smallest absolute Gasteiger partial charge is 0.246 e. The molecule has 9 heteroatoms. The van der Waals surface area contributed by atoms with Crippen molar-refractivity contribution in [2.75, 3.05) is 19.4 Å². The molecule has 0 saturated heterocycles. The number of nitrogens with zero attached hydrogens (tertiary/aromatic N) is 1. The first-order chi connectivity index (χ1) is 15.2. The van der Waals surface area contributed by atoms with Crippen molar-refractivity contribution in [3.05, 3.63) is 52.6 Å². The van der Waals surface area contributed by atoms with Gasteiger partial charge in [0.2, 0.25) is 15.9 Å². The summed E-state index contributed by atoms with van der Waals surface area (Å²) in [5.74, 6) is -0.609. The van der Waals surface area contributed by atoms with Gasteiger partial charge in [-0.05, 0) is 81.0 Å². The molecule has 0 unspecified atom stereocenters. The van der Waals surface area contributed by atoms with Crippen molar-refractivity contribution in [3.63, 3.8) is 0 Å². The van der Waals surface area contributed by atoms with Crippen LogP contribution in [0.3, 0.4) is 0 Å². The molecule has 7 nitrogen and oxygen atoms in total. The molecule has 1 aliphatic rings. The predicted molar refractivity (Wildman–Crippen MR) is 130 cm³/mol. The van der Waals surface area contributed by atoms with E-state index in [1.807, 2.05) is 13.0 Å². The minimum absolute atomic E-state index is 0.0451. The maximum atomic E-state index is 13.9. The minimum Gasteiger partial charge on any atom is -0.324 e. The third kappa shape index (κ3) is 4.34. The Hall–Kier alpha value is -2.23. The Labute approximate surface area is 197 Å². The van der Waals surface area contributed by atoms with Gasteiger partial charge < -0.3 is 5.32 Å². The summed E-state index contributed by atoms with van der Waals surface area (Å²) < 4.78 is 52.6. The summed E-state index contributed by atoms with van der Waals surface area (Å²) in [6, 6.07) is 8.18. The summed E-state index contributed by atoms with van der Waals surface area (Å²) >= 11 is 0. The average Bonchev–Trinajstić information content (AvgIpc) is 3.24. The van der Waals surface area contributed by atoms with Crippen LogP contribution in [-0.4, -0.2) is 45.9 Å². The Kier molecular flexibility index (Phi) is 6.81. The van der Waals surface area contributed by atoms with E-state index in [2.05, 4.69) is 5.32 Å². The lowest BCUT2D eigenvalue weighted by molar-refractivity contribution is -0.118. The molecule has 0 atom stereocenters. The molecule has 0 spiro atoms. The molecular formula is C24H32N2O5S2. The number of sulfone groups is 1. The van der Waals surface area contributed by atoms with E-state index in [9.17, 15) is 21.6 Å². The van der Waals surface area contributed by atoms with Crippen LogP contribution in [0.1, 0.15) is 47.9 Å². The first kappa shape index (κ1) is 25.4. The fraction of sp³-hybridized carbons (Fsp3) is 0.458. The van der Waals surface area contributed by atoms with Gasteiger partial charge in [0.1, 0.15) is 0 Å². The number of carbonyl (C=O) groups is 1. The van der Waals surface area contributed by atoms with Crippen LogP contribution in [0.25, 0.3) is 0 Å². The molecule has 1 amide bonds. The average molecular weight is 493 g/mol. The molecule has 1 N–H and O–H groups in total. The van der Waals surface area contributed by atoms with Crippen LogP contribution < -0.4 is 5.32 Å². The highest BCUT2D eigenvalue weighted by Crippen LogP contribution is 2.42. The Morgan fingerprint density at radius 2 is 1.52 bits per heavy atom. The number of hydrogen-bond acceptors (Lipinski definition) is 5. The van der Waals surface area contributed by atoms with E-state index in [4.69, 9.17) is 0 Å². The second-order valence-electron chi connectivity index (χ2n) is 9.13. The van der Waals surface area contributed by atoms with Crippen LogP contribution in [0.15, 0.2) is 40.1 Å². The molecule has 2 aromatic carbocycles. The lowest BCUT2D eigenvalue weighted by atomic mass is 10.0. The number of anilines is 1. The van der Waals surface area contributed by atoms with Crippen molar-refractivity contribution < 1.29 is 21.6 Å². The van der Waals surface area contributed by atoms with Crippen LogP contribution in [0.5, 0.6) is 0 Å². The van der Waals surface area contributed by atoms with E-state index in [1.54, 1.807) is 39.0 Å². The van der Waals surface area contributed by atoms with E-state index in [0.29, 0.717) is 35.2 Å². The van der Waals surface area contributed by atoms with Gasteiger partial charge in [0.15, 0.2) is 14.6 Å². The van der Waals surface area contributed by atoms with E-state index >= 15 is 0 Å². The van der Waals surface area contributed by atoms with Gasteiger partial charge in [-0.2, -0.15) is 0 Å². The molecule has 180 valence electrons. The summed E-state index contributed by atoms with van der Waals surface area (Å²) in [7, 11) is -4.84. The van der Waals surface area contributed by atoms with Gasteiger partial charge in [-0.3, -0.25) is 4.79 Å². The lowest BCUT2D eigenvalue weighted by Crippen LogP contribution is -2.47. The largest absolute Gasteiger partial charge is 0.324 e. The van der Waals surface area contributed by atoms with Gasteiger partial charge >= 0.3 is 0 Å². The van der Waals surface area contributed by atoms with Gasteiger partial charge in [-0.15, -0.1) is 0 Å². The Morgan fingerprint density at radius 1 is 0.909 bits per heavy atom. The highest BCUT2D eigenvalue weighted by Gasteiger charge is 2.53. The summed E-state index contributed by atoms with van der Waals surface area (Å²) in [6.45, 7) is 7.09. The van der Waals surface area contributed by atoms with Crippen molar-refractivity contribution in [3.8, 4) is 0 Å². The highest BCUT2D eigenvalue weighted by atomic mass is 32.2. The number of carbonyl (C=O) groups excluding carboxylic acids is 1. The number of hydrogen-bond donors (Lipinski definition) is 1. The maximum Gasteiger partial charge on any atom is 0.246 e. The number of sulfonamides is 1. The zero-order valence-corrected chi connectivity index (χ0v) is 21.7. The highest BCUT2D eigenvalue weighted by molar-refractivity contribution is 7.93. The molecule has 0 bridgehead atoms. The SMILES string of the molecule is Cc1ccc(C)c(S(=O)(=O)C2(C(=O)Nc3cc(S(=O)(=O)N(C)C)cc(C)c3C)CCCC2)c1. The monoisotopic (exact) mass is 492 g/mol. The Balaban J connectivity index is 2.10. The van der Waals surface area contributed by atoms with Gasteiger partial charge in [-0.1, -0.05) is 25.0 Å². The second-order valence-corrected chi connectivity index (χ2v) is 13.5. The molecule has 0 heterocycles. The minimum atomic E-state index is -3.99. The molecule has 1 saturated carbocycles. The van der Waals surface area contributed by atoms with Crippen molar-refractivity contribution in [1.29, 1.82) is 0 Å². The molecule has 3 rings (SSSR count). The topological polar surface area (TPSA) is 101 Å². The van der Waals surface area contributed by atoms with Gasteiger partial charge in [-0.25, -0.2) is 21.1 Å². The predicted octanol–water partition coefficient (Wildman–Crippen LogP) is 3.90. The Morgan fingerprint density at radius 3 is 2.09 bits per heavy atom. The van der Waals surface area contributed by atoms with Crippen LogP contribution >= 0.6 is 0 Å². The molecule has 33 heavy (non-hydrogen) atoms. The normalized spacial score (nSPS) is 16.2. The number of nitrogens with one attached hydrogen (secondary N) is 1. The first-order valence-corrected chi connectivity index (χ1v) is 13.8. The number of rotatable bonds is 6. The van der Waals surface area contributed by atoms with Crippen LogP contribution in [0.4, 0.5) is 5.69 Å². The summed E-state index contributed by atoms with van der Waals surface area (Å²) in [4.78, 5) is 13.9. The second kappa shape index (κ2) is 8.85.